The predicted octanol–water partition coefficient (Wildman–Crippen LogP) is 5.44. The van der Waals surface area contributed by atoms with Crippen LogP contribution in [0.2, 0.25) is 5.02 Å². The van der Waals surface area contributed by atoms with Crippen LogP contribution in [0.4, 0.5) is 10.2 Å². The van der Waals surface area contributed by atoms with Crippen LogP contribution in [0.25, 0.3) is 33.4 Å². The summed E-state index contributed by atoms with van der Waals surface area (Å²) in [5.41, 5.74) is 3.71. The number of aromatic nitrogens is 5. The van der Waals surface area contributed by atoms with Gasteiger partial charge in [-0.2, -0.15) is 10.4 Å². The van der Waals surface area contributed by atoms with E-state index in [0.717, 1.165) is 5.56 Å². The molecule has 1 aliphatic rings. The Balaban J connectivity index is 1.21. The highest BCUT2D eigenvalue weighted by atomic mass is 35.5. The lowest BCUT2D eigenvalue weighted by atomic mass is 9.99. The summed E-state index contributed by atoms with van der Waals surface area (Å²) in [7, 11) is -2.38. The molecule has 2 atom stereocenters. The Labute approximate surface area is 293 Å². The molecule has 0 aliphatic carbocycles. The molecule has 254 valence electrons. The number of benzene rings is 2. The van der Waals surface area contributed by atoms with Crippen LogP contribution in [0.1, 0.15) is 23.1 Å². The molecule has 11 nitrogen and oxygen atoms in total. The second-order valence-electron chi connectivity index (χ2n) is 12.3. The van der Waals surface area contributed by atoms with Crippen molar-refractivity contribution in [3.8, 4) is 28.5 Å². The van der Waals surface area contributed by atoms with Crippen molar-refractivity contribution < 1.29 is 17.9 Å². The molecular formula is C36H32ClFN8O3S. The highest BCUT2D eigenvalue weighted by Crippen LogP contribution is 2.38. The molecule has 0 spiro atoms. The SMILES string of the molecule is Cc1ccc(S(=O)(=O)n2c(-c3cnn(C)c3)cc3c(-c4ccc(N5CC[C@H](NCc6c(F)cccc6Cl)[C@H](O)C5)nc4)c(C#N)cnc32)cc1. The second kappa shape index (κ2) is 13.3. The number of hydrogen-bond donors (Lipinski definition) is 2. The average Bonchev–Trinajstić information content (AvgIpc) is 3.72. The highest BCUT2D eigenvalue weighted by molar-refractivity contribution is 7.90. The highest BCUT2D eigenvalue weighted by Gasteiger charge is 2.30. The van der Waals surface area contributed by atoms with E-state index >= 15 is 0 Å². The van der Waals surface area contributed by atoms with Crippen molar-refractivity contribution in [3.05, 3.63) is 113 Å². The fourth-order valence-electron chi connectivity index (χ4n) is 6.37. The zero-order valence-corrected chi connectivity index (χ0v) is 28.7. The molecule has 0 saturated carbocycles. The smallest absolute Gasteiger partial charge is 0.269 e. The van der Waals surface area contributed by atoms with Crippen molar-refractivity contribution in [1.82, 2.24) is 29.0 Å². The van der Waals surface area contributed by atoms with Gasteiger partial charge in [-0.15, -0.1) is 0 Å². The molecule has 2 aromatic carbocycles. The quantitative estimate of drug-likeness (QED) is 0.211. The number of halogens is 2. The van der Waals surface area contributed by atoms with Crippen LogP contribution >= 0.6 is 11.6 Å². The van der Waals surface area contributed by atoms with Crippen molar-refractivity contribution >= 4 is 38.5 Å². The number of nitriles is 1. The molecule has 6 aromatic rings. The first-order valence-electron chi connectivity index (χ1n) is 15.9. The summed E-state index contributed by atoms with van der Waals surface area (Å²) in [6.07, 6.45) is 6.15. The Hall–Kier alpha value is -5.13. The molecule has 4 aromatic heterocycles. The van der Waals surface area contributed by atoms with Crippen LogP contribution in [0, 0.1) is 24.1 Å². The Morgan fingerprint density at radius 1 is 1.08 bits per heavy atom. The molecule has 50 heavy (non-hydrogen) atoms. The number of hydrogen-bond acceptors (Lipinski definition) is 9. The predicted molar refractivity (Wildman–Crippen MR) is 189 cm³/mol. The first-order valence-corrected chi connectivity index (χ1v) is 17.7. The van der Waals surface area contributed by atoms with E-state index in [2.05, 4.69) is 21.5 Å². The van der Waals surface area contributed by atoms with Gasteiger partial charge in [-0.1, -0.05) is 35.4 Å². The van der Waals surface area contributed by atoms with Crippen LogP contribution in [-0.4, -0.2) is 62.5 Å². The van der Waals surface area contributed by atoms with Gasteiger partial charge < -0.3 is 15.3 Å². The molecule has 0 amide bonds. The fraction of sp³-hybridized carbons (Fsp3) is 0.222. The maximum atomic E-state index is 14.3. The minimum absolute atomic E-state index is 0.0988. The zero-order valence-electron chi connectivity index (χ0n) is 27.1. The number of aryl methyl sites for hydroxylation is 2. The van der Waals surface area contributed by atoms with Crippen molar-refractivity contribution in [3.63, 3.8) is 0 Å². The Morgan fingerprint density at radius 3 is 2.54 bits per heavy atom. The largest absolute Gasteiger partial charge is 0.390 e. The van der Waals surface area contributed by atoms with Gasteiger partial charge in [-0.25, -0.2) is 26.7 Å². The first-order chi connectivity index (χ1) is 24.0. The maximum Gasteiger partial charge on any atom is 0.269 e. The number of anilines is 1. The third-order valence-electron chi connectivity index (χ3n) is 9.01. The van der Waals surface area contributed by atoms with Gasteiger partial charge in [0.1, 0.15) is 17.7 Å². The van der Waals surface area contributed by atoms with Gasteiger partial charge in [0.05, 0.1) is 28.5 Å². The third kappa shape index (κ3) is 6.11. The molecule has 1 saturated heterocycles. The van der Waals surface area contributed by atoms with Crippen LogP contribution in [0.15, 0.2) is 90.3 Å². The van der Waals surface area contributed by atoms with E-state index in [1.165, 1.54) is 16.2 Å². The molecule has 5 heterocycles. The number of piperidine rings is 1. The van der Waals surface area contributed by atoms with Crippen molar-refractivity contribution in [2.45, 2.75) is 36.9 Å². The van der Waals surface area contributed by atoms with E-state index < -0.39 is 21.9 Å². The van der Waals surface area contributed by atoms with E-state index in [0.29, 0.717) is 63.7 Å². The maximum absolute atomic E-state index is 14.3. The van der Waals surface area contributed by atoms with Crippen LogP contribution < -0.4 is 10.2 Å². The number of aliphatic hydroxyl groups is 1. The lowest BCUT2D eigenvalue weighted by molar-refractivity contribution is 0.112. The van der Waals surface area contributed by atoms with Crippen molar-refractivity contribution in [1.29, 1.82) is 5.26 Å². The molecule has 1 fully saturated rings. The molecule has 2 N–H and O–H groups in total. The molecule has 14 heteroatoms. The summed E-state index contributed by atoms with van der Waals surface area (Å²) in [5.74, 6) is 0.229. The lowest BCUT2D eigenvalue weighted by Crippen LogP contribution is -2.52. The van der Waals surface area contributed by atoms with Crippen molar-refractivity contribution in [2.75, 3.05) is 18.0 Å². The summed E-state index contributed by atoms with van der Waals surface area (Å²) in [4.78, 5) is 11.2. The summed E-state index contributed by atoms with van der Waals surface area (Å²) in [5, 5.41) is 29.4. The number of rotatable bonds is 8. The average molecular weight is 711 g/mol. The van der Waals surface area contributed by atoms with Crippen LogP contribution in [-0.2, 0) is 23.6 Å². The number of pyridine rings is 2. The minimum atomic E-state index is -4.12. The van der Waals surface area contributed by atoms with Gasteiger partial charge >= 0.3 is 0 Å². The number of nitrogens with one attached hydrogen (secondary N) is 1. The van der Waals surface area contributed by atoms with E-state index in [1.54, 1.807) is 72.8 Å². The Bertz CT molecular complexity index is 2350. The summed E-state index contributed by atoms with van der Waals surface area (Å²) >= 11 is 6.17. The van der Waals surface area contributed by atoms with E-state index in [-0.39, 0.29) is 28.7 Å². The summed E-state index contributed by atoms with van der Waals surface area (Å²) in [6, 6.07) is 18.4. The monoisotopic (exact) mass is 710 g/mol. The van der Waals surface area contributed by atoms with Crippen molar-refractivity contribution in [2.24, 2.45) is 7.05 Å². The van der Waals surface area contributed by atoms with E-state index in [1.807, 2.05) is 24.0 Å². The fourth-order valence-corrected chi connectivity index (χ4v) is 8.08. The number of nitrogens with zero attached hydrogens (tertiary/aromatic N) is 7. The molecule has 0 bridgehead atoms. The minimum Gasteiger partial charge on any atom is -0.390 e. The standard InChI is InChI=1S/C36H32ClFN8O3S/c1-22-6-9-26(10-7-22)50(48,49)46-32(25-18-43-44(2)20-25)14-27-35(24(15-39)17-42-36(27)46)23-8-11-34(41-16-23)45-13-12-31(33(47)21-45)40-19-28-29(37)4-3-5-30(28)38/h3-11,14,16-18,20,31,33,40,47H,12-13,19,21H2,1-2H3/t31-,33+/m0/s1. The van der Waals surface area contributed by atoms with Gasteiger partial charge in [0.2, 0.25) is 0 Å². The topological polar surface area (TPSA) is 142 Å². The van der Waals surface area contributed by atoms with E-state index in [9.17, 15) is 23.2 Å². The van der Waals surface area contributed by atoms with Gasteiger partial charge in [-0.05, 0) is 55.8 Å². The van der Waals surface area contributed by atoms with Crippen LogP contribution in [0.3, 0.4) is 0 Å². The van der Waals surface area contributed by atoms with Gasteiger partial charge in [0.25, 0.3) is 10.0 Å². The normalized spacial score (nSPS) is 16.5. The zero-order chi connectivity index (χ0) is 35.2. The summed E-state index contributed by atoms with van der Waals surface area (Å²) in [6.45, 7) is 2.96. The molecular weight excluding hydrogens is 679 g/mol. The molecule has 0 unspecified atom stereocenters. The third-order valence-corrected chi connectivity index (χ3v) is 11.1. The first kappa shape index (κ1) is 33.4. The molecule has 1 aliphatic heterocycles. The number of β-amino-alcohol motifs (C(OH)–C–C–N with tert-alkyl or cyclic N) is 1. The second-order valence-corrected chi connectivity index (χ2v) is 14.5. The Morgan fingerprint density at radius 2 is 1.88 bits per heavy atom. The summed E-state index contributed by atoms with van der Waals surface area (Å²) < 4.78 is 45.4. The number of aliphatic hydroxyl groups excluding tert-OH is 1. The van der Waals surface area contributed by atoms with Gasteiger partial charge in [-0.3, -0.25) is 4.68 Å². The van der Waals surface area contributed by atoms with Gasteiger partial charge in [0, 0.05) is 84.0 Å². The lowest BCUT2D eigenvalue weighted by Gasteiger charge is -2.37. The van der Waals surface area contributed by atoms with Crippen LogP contribution in [0.5, 0.6) is 0 Å². The Kier molecular flexibility index (Phi) is 8.87. The molecule has 0 radical (unpaired) electrons. The van der Waals surface area contributed by atoms with E-state index in [4.69, 9.17) is 16.6 Å². The number of fused-ring (bicyclic) bond motifs is 1. The molecule has 7 rings (SSSR count). The van der Waals surface area contributed by atoms with Gasteiger partial charge in [0.15, 0.2) is 5.65 Å².